The quantitative estimate of drug-likeness (QED) is 0.780. The molecule has 0 aliphatic rings. The molecule has 0 aliphatic carbocycles. The lowest BCUT2D eigenvalue weighted by Crippen LogP contribution is -2.53. The third-order valence-electron chi connectivity index (χ3n) is 2.89. The van der Waals surface area contributed by atoms with Gasteiger partial charge in [-0.3, -0.25) is 0 Å². The number of hydrogen-bond acceptors (Lipinski definition) is 3. The molecule has 0 saturated heterocycles. The van der Waals surface area contributed by atoms with Gasteiger partial charge in [0.05, 0.1) is 5.54 Å². The van der Waals surface area contributed by atoms with Gasteiger partial charge in [0.15, 0.2) is 0 Å². The smallest absolute Gasteiger partial charge is 0.408 e. The molecule has 4 heteroatoms. The molecule has 1 amide bonds. The summed E-state index contributed by atoms with van der Waals surface area (Å²) in [7, 11) is 0. The molecule has 1 unspecified atom stereocenters. The molecule has 0 radical (unpaired) electrons. The SMILES string of the molecule is CCC(NCC(C)(C)NC(=O)OC(C)(C)C)C(C)C. The van der Waals surface area contributed by atoms with E-state index in [1.165, 1.54) is 0 Å². The van der Waals surface area contributed by atoms with Gasteiger partial charge in [-0.05, 0) is 47.0 Å². The standard InChI is InChI=1S/C15H32N2O2/c1-9-12(11(2)3)16-10-15(7,8)17-13(18)19-14(4,5)6/h11-12,16H,9-10H2,1-8H3,(H,17,18). The van der Waals surface area contributed by atoms with Crippen molar-refractivity contribution < 1.29 is 9.53 Å². The lowest BCUT2D eigenvalue weighted by molar-refractivity contribution is 0.0470. The first-order valence-corrected chi connectivity index (χ1v) is 7.21. The summed E-state index contributed by atoms with van der Waals surface area (Å²) in [4.78, 5) is 11.8. The van der Waals surface area contributed by atoms with Crippen LogP contribution in [0.15, 0.2) is 0 Å². The van der Waals surface area contributed by atoms with Crippen LogP contribution in [0.2, 0.25) is 0 Å². The Labute approximate surface area is 118 Å². The molecule has 0 rings (SSSR count). The predicted molar refractivity (Wildman–Crippen MR) is 80.4 cm³/mol. The van der Waals surface area contributed by atoms with Crippen LogP contribution in [0.5, 0.6) is 0 Å². The average molecular weight is 272 g/mol. The fraction of sp³-hybridized carbons (Fsp3) is 0.933. The highest BCUT2D eigenvalue weighted by Crippen LogP contribution is 2.10. The van der Waals surface area contributed by atoms with E-state index in [9.17, 15) is 4.79 Å². The molecule has 0 heterocycles. The Morgan fingerprint density at radius 3 is 2.05 bits per heavy atom. The number of alkyl carbamates (subject to hydrolysis) is 1. The first-order chi connectivity index (χ1) is 8.47. The van der Waals surface area contributed by atoms with E-state index < -0.39 is 5.60 Å². The Balaban J connectivity index is 4.28. The van der Waals surface area contributed by atoms with Gasteiger partial charge in [0.25, 0.3) is 0 Å². The number of nitrogens with one attached hydrogen (secondary N) is 2. The molecule has 0 spiro atoms. The fourth-order valence-corrected chi connectivity index (χ4v) is 1.86. The van der Waals surface area contributed by atoms with Crippen LogP contribution in [0.25, 0.3) is 0 Å². The van der Waals surface area contributed by atoms with Crippen LogP contribution in [-0.4, -0.2) is 29.8 Å². The molecular formula is C15H32N2O2. The van der Waals surface area contributed by atoms with Crippen molar-refractivity contribution in [3.63, 3.8) is 0 Å². The van der Waals surface area contributed by atoms with Crippen LogP contribution >= 0.6 is 0 Å². The van der Waals surface area contributed by atoms with Gasteiger partial charge in [-0.15, -0.1) is 0 Å². The molecule has 0 aromatic heterocycles. The Kier molecular flexibility index (Phi) is 6.84. The average Bonchev–Trinajstić information content (AvgIpc) is 2.13. The number of rotatable bonds is 6. The number of carbonyl (C=O) groups is 1. The Morgan fingerprint density at radius 1 is 1.16 bits per heavy atom. The minimum absolute atomic E-state index is 0.329. The van der Waals surface area contributed by atoms with E-state index in [1.807, 2.05) is 34.6 Å². The highest BCUT2D eigenvalue weighted by molar-refractivity contribution is 5.68. The summed E-state index contributed by atoms with van der Waals surface area (Å²) in [5, 5.41) is 6.41. The molecule has 0 saturated carbocycles. The Bertz CT molecular complexity index is 280. The van der Waals surface area contributed by atoms with Gasteiger partial charge < -0.3 is 15.4 Å². The summed E-state index contributed by atoms with van der Waals surface area (Å²) in [6.45, 7) is 16.9. The number of ether oxygens (including phenoxy) is 1. The highest BCUT2D eigenvalue weighted by Gasteiger charge is 2.25. The Hall–Kier alpha value is -0.770. The molecule has 0 aromatic rings. The van der Waals surface area contributed by atoms with Gasteiger partial charge >= 0.3 is 6.09 Å². The largest absolute Gasteiger partial charge is 0.444 e. The Morgan fingerprint density at radius 2 is 1.68 bits per heavy atom. The van der Waals surface area contributed by atoms with Crippen molar-refractivity contribution in [3.8, 4) is 0 Å². The van der Waals surface area contributed by atoms with Gasteiger partial charge in [-0.25, -0.2) is 4.79 Å². The summed E-state index contributed by atoms with van der Waals surface area (Å²) >= 11 is 0. The first-order valence-electron chi connectivity index (χ1n) is 7.21. The van der Waals surface area contributed by atoms with E-state index in [4.69, 9.17) is 4.74 Å². The molecule has 2 N–H and O–H groups in total. The lowest BCUT2D eigenvalue weighted by Gasteiger charge is -2.31. The molecular weight excluding hydrogens is 240 g/mol. The summed E-state index contributed by atoms with van der Waals surface area (Å²) < 4.78 is 5.28. The van der Waals surface area contributed by atoms with Crippen LogP contribution in [0.4, 0.5) is 4.79 Å². The van der Waals surface area contributed by atoms with Crippen molar-refractivity contribution in [1.29, 1.82) is 0 Å². The zero-order valence-corrected chi connectivity index (χ0v) is 13.9. The summed E-state index contributed by atoms with van der Waals surface area (Å²) in [5.74, 6) is 0.585. The van der Waals surface area contributed by atoms with Gasteiger partial charge in [0.2, 0.25) is 0 Å². The van der Waals surface area contributed by atoms with E-state index in [2.05, 4.69) is 31.4 Å². The minimum atomic E-state index is -0.461. The molecule has 0 fully saturated rings. The van der Waals surface area contributed by atoms with Crippen molar-refractivity contribution in [2.75, 3.05) is 6.54 Å². The molecule has 0 aromatic carbocycles. The zero-order chi connectivity index (χ0) is 15.3. The number of hydrogen-bond donors (Lipinski definition) is 2. The second-order valence-electron chi connectivity index (χ2n) is 7.15. The number of amides is 1. The lowest BCUT2D eigenvalue weighted by atomic mass is 9.99. The van der Waals surface area contributed by atoms with Crippen LogP contribution in [-0.2, 0) is 4.74 Å². The second kappa shape index (κ2) is 7.13. The van der Waals surface area contributed by atoms with E-state index in [0.29, 0.717) is 12.0 Å². The summed E-state index contributed by atoms with van der Waals surface area (Å²) in [5.41, 5.74) is -0.790. The van der Waals surface area contributed by atoms with Gasteiger partial charge in [0, 0.05) is 12.6 Å². The normalized spacial score (nSPS) is 14.4. The highest BCUT2D eigenvalue weighted by atomic mass is 16.6. The van der Waals surface area contributed by atoms with Gasteiger partial charge in [-0.2, -0.15) is 0 Å². The molecule has 19 heavy (non-hydrogen) atoms. The third-order valence-corrected chi connectivity index (χ3v) is 2.89. The molecule has 0 bridgehead atoms. The van der Waals surface area contributed by atoms with Crippen LogP contribution in [0.1, 0.15) is 61.8 Å². The maximum atomic E-state index is 11.8. The van der Waals surface area contributed by atoms with Crippen LogP contribution in [0, 0.1) is 5.92 Å². The molecule has 114 valence electrons. The zero-order valence-electron chi connectivity index (χ0n) is 13.9. The van der Waals surface area contributed by atoms with Gasteiger partial charge in [0.1, 0.15) is 5.60 Å². The number of carbonyl (C=O) groups excluding carboxylic acids is 1. The summed E-state index contributed by atoms with van der Waals surface area (Å²) in [6.07, 6.45) is 0.720. The van der Waals surface area contributed by atoms with Crippen molar-refractivity contribution in [1.82, 2.24) is 10.6 Å². The van der Waals surface area contributed by atoms with E-state index >= 15 is 0 Å². The minimum Gasteiger partial charge on any atom is -0.444 e. The van der Waals surface area contributed by atoms with Crippen molar-refractivity contribution in [2.24, 2.45) is 5.92 Å². The monoisotopic (exact) mass is 272 g/mol. The predicted octanol–water partition coefficient (Wildman–Crippen LogP) is 3.31. The van der Waals surface area contributed by atoms with Crippen molar-refractivity contribution in [2.45, 2.75) is 79.0 Å². The maximum absolute atomic E-state index is 11.8. The van der Waals surface area contributed by atoms with Crippen molar-refractivity contribution in [3.05, 3.63) is 0 Å². The molecule has 4 nitrogen and oxygen atoms in total. The fourth-order valence-electron chi connectivity index (χ4n) is 1.86. The van der Waals surface area contributed by atoms with E-state index in [-0.39, 0.29) is 11.6 Å². The van der Waals surface area contributed by atoms with Crippen molar-refractivity contribution >= 4 is 6.09 Å². The summed E-state index contributed by atoms with van der Waals surface area (Å²) in [6, 6.07) is 0.472. The van der Waals surface area contributed by atoms with Crippen LogP contribution < -0.4 is 10.6 Å². The maximum Gasteiger partial charge on any atom is 0.408 e. The van der Waals surface area contributed by atoms with Gasteiger partial charge in [-0.1, -0.05) is 20.8 Å². The van der Waals surface area contributed by atoms with E-state index in [1.54, 1.807) is 0 Å². The molecule has 1 atom stereocenters. The second-order valence-corrected chi connectivity index (χ2v) is 7.15. The molecule has 0 aliphatic heterocycles. The first kappa shape index (κ1) is 18.2. The topological polar surface area (TPSA) is 50.4 Å². The third kappa shape index (κ3) is 8.87. The van der Waals surface area contributed by atoms with E-state index in [0.717, 1.165) is 13.0 Å². The van der Waals surface area contributed by atoms with Crippen LogP contribution in [0.3, 0.4) is 0 Å².